The fraction of sp³-hybridized carbons (Fsp3) is 0.375. The van der Waals surface area contributed by atoms with Crippen LogP contribution in [0.25, 0.3) is 0 Å². The van der Waals surface area contributed by atoms with E-state index in [4.69, 9.17) is 5.14 Å². The van der Waals surface area contributed by atoms with E-state index in [1.807, 2.05) is 13.0 Å². The van der Waals surface area contributed by atoms with Crippen LogP contribution >= 0.6 is 0 Å². The largest absolute Gasteiger partial charge is 0.367 e. The van der Waals surface area contributed by atoms with Crippen LogP contribution in [-0.2, 0) is 16.4 Å². The topological polar surface area (TPSA) is 110 Å². The second kappa shape index (κ2) is 6.74. The molecule has 0 atom stereocenters. The number of hydrogen-bond acceptors (Lipinski definition) is 6. The molecule has 0 amide bonds. The molecule has 1 saturated carbocycles. The van der Waals surface area contributed by atoms with Crippen molar-refractivity contribution in [1.82, 2.24) is 9.97 Å². The van der Waals surface area contributed by atoms with E-state index in [-0.39, 0.29) is 4.90 Å². The molecule has 1 aromatic heterocycles. The van der Waals surface area contributed by atoms with Gasteiger partial charge in [0.1, 0.15) is 5.82 Å². The first-order chi connectivity index (χ1) is 11.4. The lowest BCUT2D eigenvalue weighted by Gasteiger charge is -2.09. The molecular formula is C16H21N5O2S. The Morgan fingerprint density at radius 2 is 1.92 bits per heavy atom. The van der Waals surface area contributed by atoms with E-state index in [1.54, 1.807) is 12.1 Å². The number of nitrogens with one attached hydrogen (secondary N) is 2. The van der Waals surface area contributed by atoms with Gasteiger partial charge in [-0.3, -0.25) is 0 Å². The molecule has 8 heteroatoms. The quantitative estimate of drug-likeness (QED) is 0.703. The molecule has 3 rings (SSSR count). The molecule has 1 heterocycles. The lowest BCUT2D eigenvalue weighted by atomic mass is 10.1. The van der Waals surface area contributed by atoms with Gasteiger partial charge in [-0.2, -0.15) is 4.98 Å². The van der Waals surface area contributed by atoms with Crippen molar-refractivity contribution in [2.75, 3.05) is 17.2 Å². The molecular weight excluding hydrogens is 326 g/mol. The van der Waals surface area contributed by atoms with E-state index in [9.17, 15) is 8.42 Å². The molecule has 1 fully saturated rings. The van der Waals surface area contributed by atoms with Gasteiger partial charge in [-0.25, -0.2) is 18.5 Å². The summed E-state index contributed by atoms with van der Waals surface area (Å²) in [5.41, 5.74) is 1.92. The molecule has 4 N–H and O–H groups in total. The molecule has 1 aliphatic rings. The number of aryl methyl sites for hydroxylation is 1. The highest BCUT2D eigenvalue weighted by molar-refractivity contribution is 7.89. The zero-order chi connectivity index (χ0) is 17.2. The van der Waals surface area contributed by atoms with Crippen molar-refractivity contribution >= 4 is 21.8 Å². The third kappa shape index (κ3) is 4.65. The van der Waals surface area contributed by atoms with Gasteiger partial charge in [0.2, 0.25) is 16.0 Å². The van der Waals surface area contributed by atoms with Gasteiger partial charge in [-0.15, -0.1) is 0 Å². The van der Waals surface area contributed by atoms with Crippen molar-refractivity contribution < 1.29 is 8.42 Å². The van der Waals surface area contributed by atoms with Crippen LogP contribution in [0.5, 0.6) is 0 Å². The molecule has 128 valence electrons. The van der Waals surface area contributed by atoms with E-state index < -0.39 is 10.0 Å². The number of primary sulfonamides is 1. The van der Waals surface area contributed by atoms with Gasteiger partial charge in [0.05, 0.1) is 4.90 Å². The Morgan fingerprint density at radius 3 is 2.54 bits per heavy atom. The molecule has 1 aliphatic carbocycles. The monoisotopic (exact) mass is 347 g/mol. The Kier molecular flexibility index (Phi) is 4.68. The predicted molar refractivity (Wildman–Crippen MR) is 93.4 cm³/mol. The normalized spacial score (nSPS) is 14.4. The first-order valence-electron chi connectivity index (χ1n) is 7.88. The molecule has 0 radical (unpaired) electrons. The standard InChI is InChI=1S/C16H21N5O2S/c1-11-10-15(20-13-4-5-13)21-16(19-11)18-9-8-12-2-6-14(7-3-12)24(17,22)23/h2-3,6-7,10,13H,4-5,8-9H2,1H3,(H2,17,22,23)(H2,18,19,20,21). The third-order valence-corrected chi connectivity index (χ3v) is 4.66. The van der Waals surface area contributed by atoms with Crippen LogP contribution in [0.3, 0.4) is 0 Å². The fourth-order valence-corrected chi connectivity index (χ4v) is 2.84. The molecule has 0 unspecified atom stereocenters. The molecule has 0 bridgehead atoms. The van der Waals surface area contributed by atoms with Gasteiger partial charge in [0.15, 0.2) is 0 Å². The Bertz CT molecular complexity index is 817. The second-order valence-electron chi connectivity index (χ2n) is 6.00. The zero-order valence-electron chi connectivity index (χ0n) is 13.5. The van der Waals surface area contributed by atoms with Crippen LogP contribution in [0.15, 0.2) is 35.2 Å². The minimum atomic E-state index is -3.64. The average Bonchev–Trinajstić information content (AvgIpc) is 3.30. The summed E-state index contributed by atoms with van der Waals surface area (Å²) in [7, 11) is -3.64. The van der Waals surface area contributed by atoms with E-state index in [0.29, 0.717) is 18.5 Å². The van der Waals surface area contributed by atoms with Gasteiger partial charge in [0.25, 0.3) is 0 Å². The van der Waals surface area contributed by atoms with Gasteiger partial charge >= 0.3 is 0 Å². The van der Waals surface area contributed by atoms with Crippen LogP contribution in [-0.4, -0.2) is 31.0 Å². The first kappa shape index (κ1) is 16.7. The Labute approximate surface area is 141 Å². The van der Waals surface area contributed by atoms with Crippen LogP contribution in [0, 0.1) is 6.92 Å². The smallest absolute Gasteiger partial charge is 0.238 e. The third-order valence-electron chi connectivity index (χ3n) is 3.73. The van der Waals surface area contributed by atoms with Gasteiger partial charge in [-0.05, 0) is 43.9 Å². The number of hydrogen-bond donors (Lipinski definition) is 3. The lowest BCUT2D eigenvalue weighted by molar-refractivity contribution is 0.598. The zero-order valence-corrected chi connectivity index (χ0v) is 14.3. The maximum atomic E-state index is 11.2. The fourth-order valence-electron chi connectivity index (χ4n) is 2.32. The summed E-state index contributed by atoms with van der Waals surface area (Å²) < 4.78 is 22.5. The number of rotatable bonds is 7. The summed E-state index contributed by atoms with van der Waals surface area (Å²) in [5, 5.41) is 11.7. The number of aromatic nitrogens is 2. The van der Waals surface area contributed by atoms with Crippen molar-refractivity contribution in [2.45, 2.75) is 37.1 Å². The minimum Gasteiger partial charge on any atom is -0.367 e. The highest BCUT2D eigenvalue weighted by Gasteiger charge is 2.21. The van der Waals surface area contributed by atoms with Crippen LogP contribution < -0.4 is 15.8 Å². The number of anilines is 2. The van der Waals surface area contributed by atoms with Crippen molar-refractivity contribution in [2.24, 2.45) is 5.14 Å². The van der Waals surface area contributed by atoms with Gasteiger partial charge in [0, 0.05) is 24.3 Å². The van der Waals surface area contributed by atoms with Crippen molar-refractivity contribution in [3.8, 4) is 0 Å². The molecule has 0 spiro atoms. The van der Waals surface area contributed by atoms with E-state index in [1.165, 1.54) is 25.0 Å². The van der Waals surface area contributed by atoms with Gasteiger partial charge in [-0.1, -0.05) is 12.1 Å². The molecule has 2 aromatic rings. The predicted octanol–water partition coefficient (Wildman–Crippen LogP) is 1.66. The van der Waals surface area contributed by atoms with Crippen LogP contribution in [0.4, 0.5) is 11.8 Å². The number of nitrogens with zero attached hydrogens (tertiary/aromatic N) is 2. The minimum absolute atomic E-state index is 0.122. The number of sulfonamides is 1. The van der Waals surface area contributed by atoms with Crippen molar-refractivity contribution in [3.63, 3.8) is 0 Å². The highest BCUT2D eigenvalue weighted by atomic mass is 32.2. The highest BCUT2D eigenvalue weighted by Crippen LogP contribution is 2.24. The maximum absolute atomic E-state index is 11.2. The second-order valence-corrected chi connectivity index (χ2v) is 7.56. The first-order valence-corrected chi connectivity index (χ1v) is 9.42. The number of benzene rings is 1. The SMILES string of the molecule is Cc1cc(NC2CC2)nc(NCCc2ccc(S(N)(=O)=O)cc2)n1. The van der Waals surface area contributed by atoms with Crippen LogP contribution in [0.2, 0.25) is 0 Å². The molecule has 0 saturated heterocycles. The summed E-state index contributed by atoms with van der Waals surface area (Å²) in [6.07, 6.45) is 3.12. The van der Waals surface area contributed by atoms with Crippen molar-refractivity contribution in [3.05, 3.63) is 41.6 Å². The summed E-state index contributed by atoms with van der Waals surface area (Å²) in [5.74, 6) is 1.45. The summed E-state index contributed by atoms with van der Waals surface area (Å²) in [4.78, 5) is 8.97. The Balaban J connectivity index is 1.57. The Morgan fingerprint density at radius 1 is 1.21 bits per heavy atom. The van der Waals surface area contributed by atoms with Gasteiger partial charge < -0.3 is 10.6 Å². The summed E-state index contributed by atoms with van der Waals surface area (Å²) >= 11 is 0. The van der Waals surface area contributed by atoms with E-state index in [2.05, 4.69) is 20.6 Å². The van der Waals surface area contributed by atoms with E-state index in [0.717, 1.165) is 23.5 Å². The van der Waals surface area contributed by atoms with Crippen molar-refractivity contribution in [1.29, 1.82) is 0 Å². The molecule has 7 nitrogen and oxygen atoms in total. The summed E-state index contributed by atoms with van der Waals surface area (Å²) in [6.45, 7) is 2.60. The number of nitrogens with two attached hydrogens (primary N) is 1. The maximum Gasteiger partial charge on any atom is 0.238 e. The summed E-state index contributed by atoms with van der Waals surface area (Å²) in [6, 6.07) is 9.05. The molecule has 24 heavy (non-hydrogen) atoms. The lowest BCUT2D eigenvalue weighted by Crippen LogP contribution is -2.13. The average molecular weight is 347 g/mol. The molecule has 1 aromatic carbocycles. The molecule has 0 aliphatic heterocycles. The Hall–Kier alpha value is -2.19. The van der Waals surface area contributed by atoms with Crippen LogP contribution in [0.1, 0.15) is 24.1 Å². The van der Waals surface area contributed by atoms with E-state index >= 15 is 0 Å².